The van der Waals surface area contributed by atoms with Gasteiger partial charge in [0.1, 0.15) is 0 Å². The second kappa shape index (κ2) is 9.58. The average Bonchev–Trinajstić information content (AvgIpc) is 2.83. The summed E-state index contributed by atoms with van der Waals surface area (Å²) < 4.78 is 5.78. The highest BCUT2D eigenvalue weighted by Crippen LogP contribution is 2.23. The highest BCUT2D eigenvalue weighted by molar-refractivity contribution is 6.21. The second-order valence-corrected chi connectivity index (χ2v) is 6.40. The summed E-state index contributed by atoms with van der Waals surface area (Å²) in [4.78, 5) is 26.2. The van der Waals surface area contributed by atoms with Crippen LogP contribution in [0.25, 0.3) is 0 Å². The zero-order chi connectivity index (χ0) is 17.4. The number of nitrogens with zero attached hydrogens (tertiary/aromatic N) is 1. The van der Waals surface area contributed by atoms with Gasteiger partial charge in [0.05, 0.1) is 23.8 Å². The van der Waals surface area contributed by atoms with E-state index in [0.29, 0.717) is 24.3 Å². The molecular formula is C20H29NO3. The van der Waals surface area contributed by atoms with Crippen LogP contribution in [0.2, 0.25) is 0 Å². The topological polar surface area (TPSA) is 46.6 Å². The molecule has 0 saturated heterocycles. The van der Waals surface area contributed by atoms with Crippen molar-refractivity contribution >= 4 is 11.8 Å². The van der Waals surface area contributed by atoms with Crippen molar-refractivity contribution in [1.82, 2.24) is 4.90 Å². The maximum absolute atomic E-state index is 12.4. The number of ether oxygens (including phenoxy) is 1. The molecule has 1 aromatic rings. The number of carbonyl (C=O) groups excluding carboxylic acids is 2. The van der Waals surface area contributed by atoms with Crippen molar-refractivity contribution in [3.63, 3.8) is 0 Å². The fraction of sp³-hybridized carbons (Fsp3) is 0.600. The van der Waals surface area contributed by atoms with Crippen LogP contribution in [0.1, 0.15) is 79.5 Å². The molecule has 0 bridgehead atoms. The summed E-state index contributed by atoms with van der Waals surface area (Å²) in [7, 11) is 0. The molecule has 1 atom stereocenters. The Morgan fingerprint density at radius 3 is 2.08 bits per heavy atom. The summed E-state index contributed by atoms with van der Waals surface area (Å²) in [5.41, 5.74) is 1.02. The summed E-state index contributed by atoms with van der Waals surface area (Å²) >= 11 is 0. The Bertz CT molecular complexity index is 521. The SMILES string of the molecule is CCCCCCCCC(CN1C(=O)c2ccccc2C1=O)OCC. The lowest BCUT2D eigenvalue weighted by Crippen LogP contribution is -2.38. The van der Waals surface area contributed by atoms with Gasteiger partial charge in [0.25, 0.3) is 11.8 Å². The predicted octanol–water partition coefficient (Wildman–Crippen LogP) is 4.44. The molecule has 1 aliphatic heterocycles. The molecule has 0 saturated carbocycles. The molecule has 4 nitrogen and oxygen atoms in total. The Hall–Kier alpha value is -1.68. The van der Waals surface area contributed by atoms with Gasteiger partial charge in [-0.05, 0) is 25.5 Å². The summed E-state index contributed by atoms with van der Waals surface area (Å²) in [6, 6.07) is 7.03. The average molecular weight is 331 g/mol. The molecule has 1 unspecified atom stereocenters. The number of fused-ring (bicyclic) bond motifs is 1. The van der Waals surface area contributed by atoms with Crippen LogP contribution in [0.4, 0.5) is 0 Å². The lowest BCUT2D eigenvalue weighted by molar-refractivity contribution is 0.0248. The van der Waals surface area contributed by atoms with Gasteiger partial charge < -0.3 is 4.74 Å². The van der Waals surface area contributed by atoms with Gasteiger partial charge in [0.2, 0.25) is 0 Å². The minimum Gasteiger partial charge on any atom is -0.377 e. The standard InChI is InChI=1S/C20H29NO3/c1-3-5-6-7-8-9-12-16(24-4-2)15-21-19(22)17-13-10-11-14-18(17)20(21)23/h10-11,13-14,16H,3-9,12,15H2,1-2H3. The lowest BCUT2D eigenvalue weighted by Gasteiger charge is -2.22. The second-order valence-electron chi connectivity index (χ2n) is 6.40. The number of carbonyl (C=O) groups is 2. The molecule has 2 rings (SSSR count). The number of imide groups is 1. The van der Waals surface area contributed by atoms with Gasteiger partial charge in [-0.25, -0.2) is 0 Å². The minimum absolute atomic E-state index is 0.0663. The first-order chi connectivity index (χ1) is 11.7. The molecule has 0 spiro atoms. The van der Waals surface area contributed by atoms with Gasteiger partial charge in [0, 0.05) is 6.61 Å². The summed E-state index contributed by atoms with van der Waals surface area (Å²) in [5.74, 6) is -0.383. The van der Waals surface area contributed by atoms with Crippen LogP contribution in [-0.2, 0) is 4.74 Å². The largest absolute Gasteiger partial charge is 0.377 e. The van der Waals surface area contributed by atoms with Crippen molar-refractivity contribution in [1.29, 1.82) is 0 Å². The Labute approximate surface area is 145 Å². The van der Waals surface area contributed by atoms with Gasteiger partial charge in [0.15, 0.2) is 0 Å². The first-order valence-electron chi connectivity index (χ1n) is 9.25. The normalized spacial score (nSPS) is 15.0. The Kier molecular flexibility index (Phi) is 7.44. The fourth-order valence-corrected chi connectivity index (χ4v) is 3.22. The molecule has 0 aromatic heterocycles. The molecule has 0 fully saturated rings. The van der Waals surface area contributed by atoms with Crippen LogP contribution in [0.5, 0.6) is 0 Å². The van der Waals surface area contributed by atoms with Crippen LogP contribution in [0, 0.1) is 0 Å². The fourth-order valence-electron chi connectivity index (χ4n) is 3.22. The van der Waals surface area contributed by atoms with Gasteiger partial charge in [-0.3, -0.25) is 14.5 Å². The Balaban J connectivity index is 1.87. The number of unbranched alkanes of at least 4 members (excludes halogenated alkanes) is 5. The number of rotatable bonds is 11. The highest BCUT2D eigenvalue weighted by Gasteiger charge is 2.36. The van der Waals surface area contributed by atoms with Crippen molar-refractivity contribution in [3.05, 3.63) is 35.4 Å². The van der Waals surface area contributed by atoms with E-state index in [4.69, 9.17) is 4.74 Å². The lowest BCUT2D eigenvalue weighted by atomic mass is 10.1. The zero-order valence-electron chi connectivity index (χ0n) is 14.9. The molecule has 1 heterocycles. The van der Waals surface area contributed by atoms with E-state index in [0.717, 1.165) is 12.8 Å². The highest BCUT2D eigenvalue weighted by atomic mass is 16.5. The predicted molar refractivity (Wildman–Crippen MR) is 95.2 cm³/mol. The van der Waals surface area contributed by atoms with Crippen molar-refractivity contribution in [2.24, 2.45) is 0 Å². The molecule has 1 aromatic carbocycles. The molecule has 0 N–H and O–H groups in total. The summed E-state index contributed by atoms with van der Waals surface area (Å²) in [6.07, 6.45) is 8.18. The van der Waals surface area contributed by atoms with Gasteiger partial charge in [-0.2, -0.15) is 0 Å². The first-order valence-corrected chi connectivity index (χ1v) is 9.25. The van der Waals surface area contributed by atoms with Crippen molar-refractivity contribution in [2.45, 2.75) is 64.9 Å². The van der Waals surface area contributed by atoms with E-state index >= 15 is 0 Å². The van der Waals surface area contributed by atoms with Crippen LogP contribution >= 0.6 is 0 Å². The van der Waals surface area contributed by atoms with E-state index in [1.807, 2.05) is 6.92 Å². The smallest absolute Gasteiger partial charge is 0.261 e. The van der Waals surface area contributed by atoms with Crippen LogP contribution in [-0.4, -0.2) is 36.0 Å². The number of benzene rings is 1. The molecule has 132 valence electrons. The molecule has 0 aliphatic carbocycles. The monoisotopic (exact) mass is 331 g/mol. The minimum atomic E-state index is -0.191. The van der Waals surface area contributed by atoms with E-state index in [9.17, 15) is 9.59 Å². The van der Waals surface area contributed by atoms with Crippen LogP contribution in [0.3, 0.4) is 0 Å². The maximum Gasteiger partial charge on any atom is 0.261 e. The summed E-state index contributed by atoms with van der Waals surface area (Å²) in [5, 5.41) is 0. The number of hydrogen-bond donors (Lipinski definition) is 0. The van der Waals surface area contributed by atoms with Gasteiger partial charge >= 0.3 is 0 Å². The summed E-state index contributed by atoms with van der Waals surface area (Å²) in [6.45, 7) is 5.13. The third kappa shape index (κ3) is 4.67. The molecular weight excluding hydrogens is 302 g/mol. The Morgan fingerprint density at radius 1 is 0.917 bits per heavy atom. The van der Waals surface area contributed by atoms with Crippen molar-refractivity contribution < 1.29 is 14.3 Å². The third-order valence-corrected chi connectivity index (χ3v) is 4.55. The van der Waals surface area contributed by atoms with Gasteiger partial charge in [-0.1, -0.05) is 57.6 Å². The molecule has 0 radical (unpaired) electrons. The third-order valence-electron chi connectivity index (χ3n) is 4.55. The van der Waals surface area contributed by atoms with Crippen molar-refractivity contribution in [2.75, 3.05) is 13.2 Å². The van der Waals surface area contributed by atoms with Crippen molar-refractivity contribution in [3.8, 4) is 0 Å². The van der Waals surface area contributed by atoms with Crippen LogP contribution < -0.4 is 0 Å². The van der Waals surface area contributed by atoms with E-state index in [1.165, 1.54) is 37.0 Å². The molecule has 4 heteroatoms. The van der Waals surface area contributed by atoms with Crippen LogP contribution in [0.15, 0.2) is 24.3 Å². The molecule has 1 aliphatic rings. The maximum atomic E-state index is 12.4. The number of hydrogen-bond acceptors (Lipinski definition) is 3. The van der Waals surface area contributed by atoms with E-state index in [2.05, 4.69) is 6.92 Å². The van der Waals surface area contributed by atoms with E-state index in [-0.39, 0.29) is 17.9 Å². The van der Waals surface area contributed by atoms with Gasteiger partial charge in [-0.15, -0.1) is 0 Å². The molecule has 24 heavy (non-hydrogen) atoms. The number of amides is 2. The Morgan fingerprint density at radius 2 is 1.50 bits per heavy atom. The quantitative estimate of drug-likeness (QED) is 0.445. The van der Waals surface area contributed by atoms with E-state index < -0.39 is 0 Å². The first kappa shape index (κ1) is 18.7. The molecule has 2 amide bonds. The zero-order valence-corrected chi connectivity index (χ0v) is 14.9. The van der Waals surface area contributed by atoms with E-state index in [1.54, 1.807) is 24.3 Å².